The molecular weight excluding hydrogens is 240 g/mol. The highest BCUT2D eigenvalue weighted by molar-refractivity contribution is 4.65. The first-order valence-electron chi connectivity index (χ1n) is 7.91. The van der Waals surface area contributed by atoms with Crippen molar-refractivity contribution in [3.05, 3.63) is 0 Å². The molecule has 0 aliphatic carbocycles. The summed E-state index contributed by atoms with van der Waals surface area (Å²) in [5.74, 6) is 0.487. The van der Waals surface area contributed by atoms with E-state index in [1.807, 2.05) is 20.8 Å². The van der Waals surface area contributed by atoms with Crippen LogP contribution in [-0.4, -0.2) is 25.8 Å². The van der Waals surface area contributed by atoms with Crippen molar-refractivity contribution in [2.24, 2.45) is 11.8 Å². The standard InChI is InChI=1S/C16H34O3/c1-7-17-16(18-8-2,19-9-3)13-15(6)12-10-11-14(4)5/h14-15H,7-13H2,1-6H3. The molecular formula is C16H34O3. The molecule has 0 bridgehead atoms. The van der Waals surface area contributed by atoms with Gasteiger partial charge in [-0.1, -0.05) is 40.0 Å². The second-order valence-corrected chi connectivity index (χ2v) is 5.62. The third kappa shape index (κ3) is 8.61. The van der Waals surface area contributed by atoms with Crippen LogP contribution in [0.4, 0.5) is 0 Å². The lowest BCUT2D eigenvalue weighted by molar-refractivity contribution is -0.383. The van der Waals surface area contributed by atoms with Gasteiger partial charge in [0.2, 0.25) is 0 Å². The Balaban J connectivity index is 4.34. The van der Waals surface area contributed by atoms with Crippen molar-refractivity contribution in [1.82, 2.24) is 0 Å². The predicted molar refractivity (Wildman–Crippen MR) is 80.1 cm³/mol. The van der Waals surface area contributed by atoms with Gasteiger partial charge in [0.1, 0.15) is 0 Å². The molecule has 0 heterocycles. The van der Waals surface area contributed by atoms with Gasteiger partial charge in [0.05, 0.1) is 0 Å². The Bertz CT molecular complexity index is 187. The summed E-state index contributed by atoms with van der Waals surface area (Å²) in [6.45, 7) is 14.6. The van der Waals surface area contributed by atoms with E-state index in [2.05, 4.69) is 20.8 Å². The SMILES string of the molecule is CCOC(CC(C)CCCC(C)C)(OCC)OCC. The molecule has 0 aromatic heterocycles. The highest BCUT2D eigenvalue weighted by Crippen LogP contribution is 2.28. The number of rotatable bonds is 12. The van der Waals surface area contributed by atoms with Crippen LogP contribution in [0.15, 0.2) is 0 Å². The normalized spacial score (nSPS) is 14.1. The van der Waals surface area contributed by atoms with Crippen molar-refractivity contribution in [2.75, 3.05) is 19.8 Å². The van der Waals surface area contributed by atoms with Gasteiger partial charge < -0.3 is 14.2 Å². The minimum Gasteiger partial charge on any atom is -0.328 e. The molecule has 0 N–H and O–H groups in total. The van der Waals surface area contributed by atoms with E-state index in [1.165, 1.54) is 19.3 Å². The lowest BCUT2D eigenvalue weighted by Crippen LogP contribution is -2.41. The van der Waals surface area contributed by atoms with E-state index in [9.17, 15) is 0 Å². The molecule has 0 fully saturated rings. The smallest absolute Gasteiger partial charge is 0.283 e. The Morgan fingerprint density at radius 1 is 0.789 bits per heavy atom. The van der Waals surface area contributed by atoms with Gasteiger partial charge in [0.25, 0.3) is 5.97 Å². The van der Waals surface area contributed by atoms with Crippen LogP contribution in [-0.2, 0) is 14.2 Å². The Hall–Kier alpha value is -0.120. The zero-order chi connectivity index (χ0) is 14.7. The van der Waals surface area contributed by atoms with Gasteiger partial charge >= 0.3 is 0 Å². The fourth-order valence-electron chi connectivity index (χ4n) is 2.36. The van der Waals surface area contributed by atoms with Gasteiger partial charge in [0.15, 0.2) is 0 Å². The second-order valence-electron chi connectivity index (χ2n) is 5.62. The lowest BCUT2D eigenvalue weighted by Gasteiger charge is -2.34. The Kier molecular flexibility index (Phi) is 10.6. The maximum atomic E-state index is 5.76. The molecule has 1 unspecified atom stereocenters. The van der Waals surface area contributed by atoms with Crippen molar-refractivity contribution in [2.45, 2.75) is 73.2 Å². The summed E-state index contributed by atoms with van der Waals surface area (Å²) < 4.78 is 17.3. The van der Waals surface area contributed by atoms with E-state index in [0.717, 1.165) is 12.3 Å². The van der Waals surface area contributed by atoms with E-state index in [1.54, 1.807) is 0 Å². The molecule has 19 heavy (non-hydrogen) atoms. The molecule has 0 saturated carbocycles. The highest BCUT2D eigenvalue weighted by Gasteiger charge is 2.34. The molecule has 0 saturated heterocycles. The van der Waals surface area contributed by atoms with Crippen molar-refractivity contribution in [3.8, 4) is 0 Å². The van der Waals surface area contributed by atoms with Crippen LogP contribution < -0.4 is 0 Å². The van der Waals surface area contributed by atoms with Gasteiger partial charge in [-0.2, -0.15) is 0 Å². The largest absolute Gasteiger partial charge is 0.328 e. The quantitative estimate of drug-likeness (QED) is 0.487. The number of hydrogen-bond acceptors (Lipinski definition) is 3. The van der Waals surface area contributed by atoms with Crippen LogP contribution in [0.3, 0.4) is 0 Å². The Morgan fingerprint density at radius 3 is 1.63 bits per heavy atom. The molecule has 116 valence electrons. The minimum absolute atomic E-state index is 0.545. The highest BCUT2D eigenvalue weighted by atomic mass is 16.9. The monoisotopic (exact) mass is 274 g/mol. The summed E-state index contributed by atoms with van der Waals surface area (Å²) in [6, 6.07) is 0. The second kappa shape index (κ2) is 10.6. The van der Waals surface area contributed by atoms with Gasteiger partial charge in [-0.25, -0.2) is 0 Å². The average Bonchev–Trinajstić information content (AvgIpc) is 2.29. The Morgan fingerprint density at radius 2 is 1.26 bits per heavy atom. The van der Waals surface area contributed by atoms with Crippen LogP contribution in [0.1, 0.15) is 67.2 Å². The van der Waals surface area contributed by atoms with Gasteiger partial charge in [-0.15, -0.1) is 0 Å². The van der Waals surface area contributed by atoms with Crippen molar-refractivity contribution in [1.29, 1.82) is 0 Å². The molecule has 1 atom stereocenters. The summed E-state index contributed by atoms with van der Waals surface area (Å²) in [4.78, 5) is 0. The first kappa shape index (κ1) is 18.9. The number of hydrogen-bond donors (Lipinski definition) is 0. The fraction of sp³-hybridized carbons (Fsp3) is 1.00. The van der Waals surface area contributed by atoms with E-state index in [4.69, 9.17) is 14.2 Å². The maximum Gasteiger partial charge on any atom is 0.283 e. The summed E-state index contributed by atoms with van der Waals surface area (Å²) in [5.41, 5.74) is 0. The van der Waals surface area contributed by atoms with Crippen molar-refractivity contribution >= 4 is 0 Å². The minimum atomic E-state index is -0.838. The topological polar surface area (TPSA) is 27.7 Å². The zero-order valence-corrected chi connectivity index (χ0v) is 13.8. The van der Waals surface area contributed by atoms with E-state index in [-0.39, 0.29) is 0 Å². The molecule has 3 heteroatoms. The van der Waals surface area contributed by atoms with Gasteiger partial charge in [0, 0.05) is 26.2 Å². The first-order valence-corrected chi connectivity index (χ1v) is 7.91. The third-order valence-electron chi connectivity index (χ3n) is 3.17. The van der Waals surface area contributed by atoms with Crippen LogP contribution in [0.25, 0.3) is 0 Å². The zero-order valence-electron chi connectivity index (χ0n) is 13.8. The van der Waals surface area contributed by atoms with E-state index >= 15 is 0 Å². The van der Waals surface area contributed by atoms with Crippen LogP contribution in [0.2, 0.25) is 0 Å². The maximum absolute atomic E-state index is 5.76. The molecule has 0 rings (SSSR count). The molecule has 0 radical (unpaired) electrons. The molecule has 0 aliphatic heterocycles. The van der Waals surface area contributed by atoms with Gasteiger partial charge in [-0.3, -0.25) is 0 Å². The van der Waals surface area contributed by atoms with Crippen LogP contribution >= 0.6 is 0 Å². The summed E-state index contributed by atoms with van der Waals surface area (Å²) >= 11 is 0. The fourth-order valence-corrected chi connectivity index (χ4v) is 2.36. The van der Waals surface area contributed by atoms with Gasteiger partial charge in [-0.05, 0) is 32.6 Å². The van der Waals surface area contributed by atoms with Crippen LogP contribution in [0.5, 0.6) is 0 Å². The summed E-state index contributed by atoms with van der Waals surface area (Å²) in [7, 11) is 0. The number of ether oxygens (including phenoxy) is 3. The first-order chi connectivity index (χ1) is 8.99. The van der Waals surface area contributed by atoms with Crippen molar-refractivity contribution in [3.63, 3.8) is 0 Å². The van der Waals surface area contributed by atoms with E-state index < -0.39 is 5.97 Å². The molecule has 0 amide bonds. The summed E-state index contributed by atoms with van der Waals surface area (Å²) in [6.07, 6.45) is 4.56. The molecule has 3 nitrogen and oxygen atoms in total. The van der Waals surface area contributed by atoms with Crippen molar-refractivity contribution < 1.29 is 14.2 Å². The van der Waals surface area contributed by atoms with Crippen LogP contribution in [0, 0.1) is 11.8 Å². The molecule has 0 aromatic rings. The third-order valence-corrected chi connectivity index (χ3v) is 3.17. The molecule has 0 aliphatic rings. The summed E-state index contributed by atoms with van der Waals surface area (Å²) in [5, 5.41) is 0. The Labute approximate surface area is 120 Å². The lowest BCUT2D eigenvalue weighted by atomic mass is 9.96. The average molecular weight is 274 g/mol. The van der Waals surface area contributed by atoms with E-state index in [0.29, 0.717) is 25.7 Å². The molecule has 0 spiro atoms. The predicted octanol–water partition coefficient (Wildman–Crippen LogP) is 4.60. The molecule has 0 aromatic carbocycles.